The number of piperazine rings is 1. The van der Waals surface area contributed by atoms with Gasteiger partial charge in [-0.1, -0.05) is 60.1 Å². The molecule has 1 N–H and O–H groups in total. The van der Waals surface area contributed by atoms with Crippen LogP contribution in [0.1, 0.15) is 11.1 Å². The number of nitrogens with one attached hydrogen (secondary N) is 1. The van der Waals surface area contributed by atoms with Crippen LogP contribution in [-0.2, 0) is 31.4 Å². The summed E-state index contributed by atoms with van der Waals surface area (Å²) in [7, 11) is -6.68. The maximum Gasteiger partial charge on any atom is 0.259 e. The van der Waals surface area contributed by atoms with Gasteiger partial charge in [0.2, 0.25) is 20.0 Å². The van der Waals surface area contributed by atoms with E-state index in [1.54, 1.807) is 60.7 Å². The second-order valence-corrected chi connectivity index (χ2v) is 15.4. The maximum absolute atomic E-state index is 13.6. The standard InChI is InChI=1S/C32H30BrClN4O7S2/c1-44-30-19-24(18-28(33)31(30)45-22-23-12-14-25(34)15-13-23)20-35-36-32(39)29-21-37(46(40,41)26-8-4-2-5-9-26)16-17-38(29)47(42,43)27-10-6-3-7-11-27/h2-15,18-20,29H,16-17,21-22H2,1H3,(H,36,39)/b35-20-/t29-/m0/s1. The predicted octanol–water partition coefficient (Wildman–Crippen LogP) is 4.90. The number of sulfonamides is 2. The van der Waals surface area contributed by atoms with Gasteiger partial charge in [-0.05, 0) is 75.6 Å². The van der Waals surface area contributed by atoms with Gasteiger partial charge in [-0.3, -0.25) is 4.79 Å². The molecule has 47 heavy (non-hydrogen) atoms. The Morgan fingerprint density at radius 1 is 0.936 bits per heavy atom. The first kappa shape index (κ1) is 34.5. The van der Waals surface area contributed by atoms with E-state index in [2.05, 4.69) is 26.5 Å². The van der Waals surface area contributed by atoms with Crippen LogP contribution in [0.25, 0.3) is 0 Å². The van der Waals surface area contributed by atoms with E-state index in [-0.39, 0.29) is 29.5 Å². The lowest BCUT2D eigenvalue weighted by Crippen LogP contribution is -2.60. The Kier molecular flexibility index (Phi) is 11.0. The van der Waals surface area contributed by atoms with Crippen LogP contribution in [0.2, 0.25) is 5.02 Å². The average Bonchev–Trinajstić information content (AvgIpc) is 3.08. The lowest BCUT2D eigenvalue weighted by Gasteiger charge is -2.38. The first-order valence-corrected chi connectivity index (χ1v) is 18.3. The number of methoxy groups -OCH3 is 1. The van der Waals surface area contributed by atoms with Gasteiger partial charge < -0.3 is 9.47 Å². The second-order valence-electron chi connectivity index (χ2n) is 10.3. The minimum atomic E-state index is -4.16. The Balaban J connectivity index is 1.36. The van der Waals surface area contributed by atoms with Crippen molar-refractivity contribution in [2.75, 3.05) is 26.7 Å². The minimum absolute atomic E-state index is 0.0176. The molecule has 0 radical (unpaired) electrons. The Bertz CT molecular complexity index is 1970. The van der Waals surface area contributed by atoms with Crippen LogP contribution in [0, 0.1) is 0 Å². The third-order valence-corrected chi connectivity index (χ3v) is 11.9. The summed E-state index contributed by atoms with van der Waals surface area (Å²) in [4.78, 5) is 13.6. The van der Waals surface area contributed by atoms with Gasteiger partial charge in [0.05, 0.1) is 27.6 Å². The molecular formula is C32H30BrClN4O7S2. The highest BCUT2D eigenvalue weighted by molar-refractivity contribution is 9.10. The highest BCUT2D eigenvalue weighted by Gasteiger charge is 2.43. The number of carbonyl (C=O) groups is 1. The molecule has 0 bridgehead atoms. The number of nitrogens with zero attached hydrogens (tertiary/aromatic N) is 3. The van der Waals surface area contributed by atoms with Gasteiger partial charge in [0.15, 0.2) is 11.5 Å². The van der Waals surface area contributed by atoms with Crippen LogP contribution in [0.3, 0.4) is 0 Å². The van der Waals surface area contributed by atoms with Crippen LogP contribution in [0.15, 0.2) is 116 Å². The van der Waals surface area contributed by atoms with E-state index < -0.39 is 38.5 Å². The van der Waals surface area contributed by atoms with E-state index in [1.165, 1.54) is 37.6 Å². The van der Waals surface area contributed by atoms with Crippen molar-refractivity contribution in [3.63, 3.8) is 0 Å². The van der Waals surface area contributed by atoms with Gasteiger partial charge in [0.25, 0.3) is 5.91 Å². The van der Waals surface area contributed by atoms with Crippen molar-refractivity contribution in [3.8, 4) is 11.5 Å². The summed E-state index contributed by atoms with van der Waals surface area (Å²) in [6.45, 7) is -0.538. The zero-order valence-corrected chi connectivity index (χ0v) is 29.0. The molecule has 4 aromatic rings. The van der Waals surface area contributed by atoms with Crippen molar-refractivity contribution < 1.29 is 31.1 Å². The van der Waals surface area contributed by atoms with Gasteiger partial charge in [0, 0.05) is 24.7 Å². The number of carbonyl (C=O) groups excluding carboxylic acids is 1. The van der Waals surface area contributed by atoms with E-state index in [0.29, 0.717) is 26.6 Å². The molecule has 0 aromatic heterocycles. The molecule has 1 heterocycles. The van der Waals surface area contributed by atoms with Crippen molar-refractivity contribution in [2.24, 2.45) is 5.10 Å². The van der Waals surface area contributed by atoms with Crippen LogP contribution in [0.5, 0.6) is 11.5 Å². The largest absolute Gasteiger partial charge is 0.493 e. The molecule has 11 nitrogen and oxygen atoms in total. The second kappa shape index (κ2) is 15.0. The van der Waals surface area contributed by atoms with Crippen LogP contribution < -0.4 is 14.9 Å². The fourth-order valence-corrected chi connectivity index (χ4v) is 8.62. The average molecular weight is 762 g/mol. The molecule has 0 aliphatic carbocycles. The summed E-state index contributed by atoms with van der Waals surface area (Å²) in [5.74, 6) is 0.0465. The molecule has 1 fully saturated rings. The number of benzene rings is 4. The molecule has 1 saturated heterocycles. The van der Waals surface area contributed by atoms with E-state index in [4.69, 9.17) is 21.1 Å². The monoisotopic (exact) mass is 760 g/mol. The highest BCUT2D eigenvalue weighted by atomic mass is 79.9. The Labute approximate surface area is 287 Å². The van der Waals surface area contributed by atoms with Crippen molar-refractivity contribution in [3.05, 3.63) is 118 Å². The molecule has 1 amide bonds. The van der Waals surface area contributed by atoms with Gasteiger partial charge >= 0.3 is 0 Å². The van der Waals surface area contributed by atoms with Crippen molar-refractivity contribution in [1.29, 1.82) is 0 Å². The van der Waals surface area contributed by atoms with Gasteiger partial charge in [0.1, 0.15) is 12.6 Å². The molecule has 4 aromatic carbocycles. The van der Waals surface area contributed by atoms with Crippen molar-refractivity contribution in [1.82, 2.24) is 14.0 Å². The van der Waals surface area contributed by atoms with E-state index in [9.17, 15) is 21.6 Å². The van der Waals surface area contributed by atoms with Crippen molar-refractivity contribution >= 4 is 59.7 Å². The molecular weight excluding hydrogens is 732 g/mol. The quantitative estimate of drug-likeness (QED) is 0.170. The zero-order valence-electron chi connectivity index (χ0n) is 25.0. The number of halogens is 2. The Hall–Kier alpha value is -3.79. The van der Waals surface area contributed by atoms with Crippen LogP contribution in [0.4, 0.5) is 0 Å². The van der Waals surface area contributed by atoms with E-state index in [0.717, 1.165) is 14.2 Å². The summed E-state index contributed by atoms with van der Waals surface area (Å²) in [6, 6.07) is 24.6. The lowest BCUT2D eigenvalue weighted by molar-refractivity contribution is -0.125. The molecule has 5 rings (SSSR count). The number of ether oxygens (including phenoxy) is 2. The number of hydrazone groups is 1. The third-order valence-electron chi connectivity index (χ3n) is 7.26. The fraction of sp³-hybridized carbons (Fsp3) is 0.188. The summed E-state index contributed by atoms with van der Waals surface area (Å²) >= 11 is 9.45. The van der Waals surface area contributed by atoms with Crippen LogP contribution >= 0.6 is 27.5 Å². The normalized spacial score (nSPS) is 16.2. The smallest absolute Gasteiger partial charge is 0.259 e. The summed E-state index contributed by atoms with van der Waals surface area (Å²) in [5.41, 5.74) is 3.82. The molecule has 1 atom stereocenters. The number of amides is 1. The van der Waals surface area contributed by atoms with Gasteiger partial charge in [-0.2, -0.15) is 13.7 Å². The molecule has 15 heteroatoms. The van der Waals surface area contributed by atoms with Gasteiger partial charge in [-0.15, -0.1) is 0 Å². The van der Waals surface area contributed by atoms with Gasteiger partial charge in [-0.25, -0.2) is 22.3 Å². The number of hydrogen-bond donors (Lipinski definition) is 1. The zero-order chi connectivity index (χ0) is 33.6. The molecule has 246 valence electrons. The predicted molar refractivity (Wildman–Crippen MR) is 182 cm³/mol. The summed E-state index contributed by atoms with van der Waals surface area (Å²) in [6.07, 6.45) is 1.35. The first-order valence-electron chi connectivity index (χ1n) is 14.2. The molecule has 1 aliphatic heterocycles. The Morgan fingerprint density at radius 3 is 2.17 bits per heavy atom. The maximum atomic E-state index is 13.6. The van der Waals surface area contributed by atoms with E-state index >= 15 is 0 Å². The SMILES string of the molecule is COc1cc(/C=N\NC(=O)[C@@H]2CN(S(=O)(=O)c3ccccc3)CCN2S(=O)(=O)c2ccccc2)cc(Br)c1OCc1ccc(Cl)cc1. The fourth-order valence-electron chi connectivity index (χ4n) is 4.87. The molecule has 0 unspecified atom stereocenters. The number of hydrogen-bond acceptors (Lipinski definition) is 8. The lowest BCUT2D eigenvalue weighted by atomic mass is 10.2. The van der Waals surface area contributed by atoms with Crippen molar-refractivity contribution in [2.45, 2.75) is 22.4 Å². The first-order chi connectivity index (χ1) is 22.5. The highest BCUT2D eigenvalue weighted by Crippen LogP contribution is 2.37. The minimum Gasteiger partial charge on any atom is -0.493 e. The molecule has 0 spiro atoms. The van der Waals surface area contributed by atoms with Crippen LogP contribution in [-0.4, -0.2) is 70.4 Å². The molecule has 0 saturated carbocycles. The van der Waals surface area contributed by atoms with E-state index in [1.807, 2.05) is 12.1 Å². The topological polar surface area (TPSA) is 135 Å². The third kappa shape index (κ3) is 8.03. The summed E-state index contributed by atoms with van der Waals surface area (Å²) in [5, 5.41) is 4.67. The molecule has 1 aliphatic rings. The number of rotatable bonds is 11. The summed E-state index contributed by atoms with van der Waals surface area (Å²) < 4.78 is 68.2. The Morgan fingerprint density at radius 2 is 1.55 bits per heavy atom.